The van der Waals surface area contributed by atoms with E-state index in [2.05, 4.69) is 0 Å². The van der Waals surface area contributed by atoms with Gasteiger partial charge in [0.15, 0.2) is 0 Å². The van der Waals surface area contributed by atoms with Crippen LogP contribution in [0.1, 0.15) is 31.2 Å². The third-order valence-electron chi connectivity index (χ3n) is 5.91. The van der Waals surface area contributed by atoms with E-state index in [9.17, 15) is 14.4 Å². The van der Waals surface area contributed by atoms with Crippen molar-refractivity contribution in [1.29, 1.82) is 0 Å². The van der Waals surface area contributed by atoms with E-state index in [1.54, 1.807) is 4.90 Å². The highest BCUT2D eigenvalue weighted by Gasteiger charge is 2.40. The largest absolute Gasteiger partial charge is 0.340 e. The lowest BCUT2D eigenvalue weighted by atomic mass is 10.1. The van der Waals surface area contributed by atoms with Crippen molar-refractivity contribution in [2.24, 2.45) is 5.92 Å². The van der Waals surface area contributed by atoms with E-state index in [1.807, 2.05) is 34.1 Å². The summed E-state index contributed by atoms with van der Waals surface area (Å²) >= 11 is 6.20. The minimum absolute atomic E-state index is 0.00117. The molecule has 7 heteroatoms. The summed E-state index contributed by atoms with van der Waals surface area (Å²) < 4.78 is 0. The summed E-state index contributed by atoms with van der Waals surface area (Å²) in [5.41, 5.74) is 0.898. The summed E-state index contributed by atoms with van der Waals surface area (Å²) in [6.45, 7) is 2.95. The minimum Gasteiger partial charge on any atom is -0.340 e. The topological polar surface area (TPSA) is 60.9 Å². The van der Waals surface area contributed by atoms with Gasteiger partial charge in [-0.15, -0.1) is 0 Å². The molecular formula is C20H24ClN3O3. The number of nitrogens with zero attached hydrogens (tertiary/aromatic N) is 3. The lowest BCUT2D eigenvalue weighted by Crippen LogP contribution is -2.41. The van der Waals surface area contributed by atoms with Crippen molar-refractivity contribution in [2.75, 3.05) is 26.2 Å². The monoisotopic (exact) mass is 389 g/mol. The summed E-state index contributed by atoms with van der Waals surface area (Å²) in [6.07, 6.45) is 2.63. The van der Waals surface area contributed by atoms with Crippen LogP contribution in [0.2, 0.25) is 5.02 Å². The Morgan fingerprint density at radius 1 is 1.11 bits per heavy atom. The van der Waals surface area contributed by atoms with Gasteiger partial charge in [0.2, 0.25) is 17.7 Å². The molecule has 6 nitrogen and oxygen atoms in total. The number of hydrogen-bond donors (Lipinski definition) is 0. The standard InChI is InChI=1S/C20H24ClN3O3/c21-17-5-2-1-4-14(17)11-23-12-15(10-19(23)26)20(27)22-9-7-16(13-22)24-8-3-6-18(24)25/h1-2,4-5,15-16H,3,6-13H2. The van der Waals surface area contributed by atoms with Crippen LogP contribution in [0.25, 0.3) is 0 Å². The second-order valence-electron chi connectivity index (χ2n) is 7.68. The average molecular weight is 390 g/mol. The number of carbonyl (C=O) groups is 3. The minimum atomic E-state index is -0.298. The highest BCUT2D eigenvalue weighted by molar-refractivity contribution is 6.31. The van der Waals surface area contributed by atoms with Crippen LogP contribution in [0.4, 0.5) is 0 Å². The zero-order valence-corrected chi connectivity index (χ0v) is 16.0. The van der Waals surface area contributed by atoms with E-state index in [-0.39, 0.29) is 36.1 Å². The Morgan fingerprint density at radius 2 is 1.93 bits per heavy atom. The van der Waals surface area contributed by atoms with Crippen LogP contribution in [0.15, 0.2) is 24.3 Å². The van der Waals surface area contributed by atoms with Gasteiger partial charge in [0, 0.05) is 50.6 Å². The molecule has 1 aromatic rings. The van der Waals surface area contributed by atoms with Crippen molar-refractivity contribution in [1.82, 2.24) is 14.7 Å². The number of amides is 3. The normalized spacial score (nSPS) is 25.7. The van der Waals surface area contributed by atoms with Crippen molar-refractivity contribution >= 4 is 29.3 Å². The van der Waals surface area contributed by atoms with E-state index in [0.29, 0.717) is 37.6 Å². The molecule has 3 heterocycles. The molecule has 0 spiro atoms. The Balaban J connectivity index is 1.35. The average Bonchev–Trinajstić information content (AvgIpc) is 3.37. The molecule has 27 heavy (non-hydrogen) atoms. The molecule has 2 atom stereocenters. The van der Waals surface area contributed by atoms with Gasteiger partial charge in [-0.05, 0) is 24.5 Å². The summed E-state index contributed by atoms with van der Waals surface area (Å²) in [6, 6.07) is 7.61. The first-order chi connectivity index (χ1) is 13.0. The lowest BCUT2D eigenvalue weighted by Gasteiger charge is -2.25. The molecule has 144 valence electrons. The number of carbonyl (C=O) groups excluding carboxylic acids is 3. The van der Waals surface area contributed by atoms with E-state index < -0.39 is 0 Å². The molecule has 1 aromatic carbocycles. The number of benzene rings is 1. The van der Waals surface area contributed by atoms with Crippen LogP contribution in [-0.4, -0.2) is 64.6 Å². The van der Waals surface area contributed by atoms with Gasteiger partial charge >= 0.3 is 0 Å². The summed E-state index contributed by atoms with van der Waals surface area (Å²) in [5, 5.41) is 0.637. The van der Waals surface area contributed by atoms with Gasteiger partial charge in [0.1, 0.15) is 0 Å². The fourth-order valence-corrected chi connectivity index (χ4v) is 4.63. The Labute approximate surface area is 164 Å². The smallest absolute Gasteiger partial charge is 0.228 e. The number of likely N-dealkylation sites (tertiary alicyclic amines) is 3. The van der Waals surface area contributed by atoms with Gasteiger partial charge < -0.3 is 14.7 Å². The van der Waals surface area contributed by atoms with Crippen molar-refractivity contribution in [3.8, 4) is 0 Å². The number of rotatable bonds is 4. The molecule has 0 N–H and O–H groups in total. The Bertz CT molecular complexity index is 769. The van der Waals surface area contributed by atoms with E-state index in [4.69, 9.17) is 11.6 Å². The van der Waals surface area contributed by atoms with Crippen LogP contribution < -0.4 is 0 Å². The first kappa shape index (κ1) is 18.3. The SMILES string of the molecule is O=C1CC(C(=O)N2CCC(N3CCCC3=O)C2)CN1Cc1ccccc1Cl. The van der Waals surface area contributed by atoms with Crippen molar-refractivity contribution in [3.05, 3.63) is 34.9 Å². The molecule has 2 unspecified atom stereocenters. The molecule has 3 aliphatic heterocycles. The molecule has 0 aliphatic carbocycles. The van der Waals surface area contributed by atoms with Crippen LogP contribution in [-0.2, 0) is 20.9 Å². The second kappa shape index (κ2) is 7.50. The predicted molar refractivity (Wildman–Crippen MR) is 101 cm³/mol. The van der Waals surface area contributed by atoms with Crippen molar-refractivity contribution < 1.29 is 14.4 Å². The number of halogens is 1. The van der Waals surface area contributed by atoms with E-state index in [0.717, 1.165) is 24.9 Å². The second-order valence-corrected chi connectivity index (χ2v) is 8.09. The van der Waals surface area contributed by atoms with Gasteiger partial charge in [0.25, 0.3) is 0 Å². The van der Waals surface area contributed by atoms with Crippen molar-refractivity contribution in [3.63, 3.8) is 0 Å². The third-order valence-corrected chi connectivity index (χ3v) is 6.28. The first-order valence-electron chi connectivity index (χ1n) is 9.62. The third kappa shape index (κ3) is 3.68. The number of hydrogen-bond acceptors (Lipinski definition) is 3. The van der Waals surface area contributed by atoms with Crippen molar-refractivity contribution in [2.45, 2.75) is 38.3 Å². The predicted octanol–water partition coefficient (Wildman–Crippen LogP) is 1.91. The lowest BCUT2D eigenvalue weighted by molar-refractivity contribution is -0.136. The fraction of sp³-hybridized carbons (Fsp3) is 0.550. The summed E-state index contributed by atoms with van der Waals surface area (Å²) in [4.78, 5) is 42.7. The maximum atomic E-state index is 12.9. The van der Waals surface area contributed by atoms with Crippen LogP contribution in [0, 0.1) is 5.92 Å². The van der Waals surface area contributed by atoms with Gasteiger partial charge in [0.05, 0.1) is 12.0 Å². The van der Waals surface area contributed by atoms with Crippen LogP contribution in [0.5, 0.6) is 0 Å². The maximum Gasteiger partial charge on any atom is 0.228 e. The molecule has 3 fully saturated rings. The van der Waals surface area contributed by atoms with Crippen LogP contribution in [0.3, 0.4) is 0 Å². The quantitative estimate of drug-likeness (QED) is 0.790. The molecule has 0 aromatic heterocycles. The molecule has 3 saturated heterocycles. The zero-order chi connectivity index (χ0) is 19.0. The summed E-state index contributed by atoms with van der Waals surface area (Å²) in [7, 11) is 0. The van der Waals surface area contributed by atoms with E-state index >= 15 is 0 Å². The zero-order valence-electron chi connectivity index (χ0n) is 15.3. The highest BCUT2D eigenvalue weighted by Crippen LogP contribution is 2.27. The Kier molecular flexibility index (Phi) is 5.08. The van der Waals surface area contributed by atoms with Gasteiger partial charge in [-0.25, -0.2) is 0 Å². The fourth-order valence-electron chi connectivity index (χ4n) is 4.43. The Hall–Kier alpha value is -2.08. The molecule has 3 aliphatic rings. The first-order valence-corrected chi connectivity index (χ1v) is 10.00. The molecular weight excluding hydrogens is 366 g/mol. The molecule has 0 bridgehead atoms. The molecule has 0 radical (unpaired) electrons. The Morgan fingerprint density at radius 3 is 2.67 bits per heavy atom. The van der Waals surface area contributed by atoms with Gasteiger partial charge in [-0.3, -0.25) is 14.4 Å². The van der Waals surface area contributed by atoms with Gasteiger partial charge in [-0.2, -0.15) is 0 Å². The van der Waals surface area contributed by atoms with E-state index in [1.165, 1.54) is 0 Å². The highest BCUT2D eigenvalue weighted by atomic mass is 35.5. The maximum absolute atomic E-state index is 12.9. The molecule has 4 rings (SSSR count). The van der Waals surface area contributed by atoms with Crippen LogP contribution >= 0.6 is 11.6 Å². The molecule has 3 amide bonds. The molecule has 0 saturated carbocycles. The summed E-state index contributed by atoms with van der Waals surface area (Å²) in [5.74, 6) is -0.0535. The van der Waals surface area contributed by atoms with Gasteiger partial charge in [-0.1, -0.05) is 29.8 Å².